The largest absolute Gasteiger partial charge is 0.366 e. The average Bonchev–Trinajstić information content (AvgIpc) is 3.05. The summed E-state index contributed by atoms with van der Waals surface area (Å²) in [6.45, 7) is 1.72. The fourth-order valence-electron chi connectivity index (χ4n) is 7.33. The van der Waals surface area contributed by atoms with Gasteiger partial charge in [0.2, 0.25) is 5.95 Å². The van der Waals surface area contributed by atoms with Gasteiger partial charge in [0.15, 0.2) is 5.65 Å². The highest BCUT2D eigenvalue weighted by molar-refractivity contribution is 5.94. The van der Waals surface area contributed by atoms with Gasteiger partial charge in [-0.2, -0.15) is 10.2 Å². The molecule has 0 radical (unpaired) electrons. The van der Waals surface area contributed by atoms with Crippen molar-refractivity contribution in [2.45, 2.75) is 51.0 Å². The molecule has 4 aliphatic rings. The van der Waals surface area contributed by atoms with E-state index in [1.165, 1.54) is 12.1 Å². The predicted octanol–water partition coefficient (Wildman–Crippen LogP) is 3.24. The van der Waals surface area contributed by atoms with E-state index in [1.807, 2.05) is 4.57 Å². The van der Waals surface area contributed by atoms with Crippen molar-refractivity contribution in [1.82, 2.24) is 19.1 Å². The van der Waals surface area contributed by atoms with Crippen molar-refractivity contribution in [3.8, 4) is 6.07 Å². The van der Waals surface area contributed by atoms with E-state index in [9.17, 15) is 19.2 Å². The highest BCUT2D eigenvalue weighted by Gasteiger charge is 2.59. The number of primary amides is 1. The number of amides is 1. The summed E-state index contributed by atoms with van der Waals surface area (Å²) in [7, 11) is 1.71. The van der Waals surface area contributed by atoms with Crippen LogP contribution in [0, 0.1) is 41.3 Å². The standard InChI is InChI=1S/C25H26FN7O2/c1-13-3-16(20(28)34)17(26)5-18(13)30-22-29-10-19-21(31-22)33(23(35)32(19)2)25-8-14-4-15(9-25)7-24(6-14,11-25)12-27/h3,5,10,14-15H,4,6-9,11H2,1-2H3,(H2,28,34)(H,29,30,31). The number of halogens is 1. The van der Waals surface area contributed by atoms with Gasteiger partial charge in [-0.05, 0) is 75.0 Å². The van der Waals surface area contributed by atoms with Gasteiger partial charge in [0.25, 0.3) is 5.91 Å². The number of nitriles is 1. The number of rotatable bonds is 4. The van der Waals surface area contributed by atoms with Gasteiger partial charge in [0.1, 0.15) is 11.3 Å². The van der Waals surface area contributed by atoms with Crippen LogP contribution in [0.1, 0.15) is 54.4 Å². The SMILES string of the molecule is Cc1cc(C(N)=O)c(F)cc1Nc1ncc2c(n1)n(C13CC4CC(CC(C#N)(C4)C1)C3)c(=O)n2C. The monoisotopic (exact) mass is 475 g/mol. The van der Waals surface area contributed by atoms with E-state index >= 15 is 0 Å². The lowest BCUT2D eigenvalue weighted by Crippen LogP contribution is -2.58. The minimum Gasteiger partial charge on any atom is -0.366 e. The Bertz CT molecular complexity index is 1500. The molecule has 2 aromatic heterocycles. The normalized spacial score (nSPS) is 28.9. The second-order valence-corrected chi connectivity index (χ2v) is 10.8. The molecule has 35 heavy (non-hydrogen) atoms. The van der Waals surface area contributed by atoms with Crippen LogP contribution in [0.5, 0.6) is 0 Å². The van der Waals surface area contributed by atoms with Crippen molar-refractivity contribution in [2.75, 3.05) is 5.32 Å². The number of aromatic nitrogens is 4. The minimum atomic E-state index is -0.839. The molecular weight excluding hydrogens is 449 g/mol. The van der Waals surface area contributed by atoms with Crippen LogP contribution in [0.3, 0.4) is 0 Å². The minimum absolute atomic E-state index is 0.158. The van der Waals surface area contributed by atoms with Crippen molar-refractivity contribution < 1.29 is 9.18 Å². The molecule has 0 saturated heterocycles. The Labute approximate surface area is 200 Å². The third-order valence-electron chi connectivity index (χ3n) is 8.37. The van der Waals surface area contributed by atoms with Crippen LogP contribution in [-0.2, 0) is 12.6 Å². The fourth-order valence-corrected chi connectivity index (χ4v) is 7.33. The van der Waals surface area contributed by atoms with E-state index in [-0.39, 0.29) is 22.6 Å². The molecule has 4 saturated carbocycles. The first-order chi connectivity index (χ1) is 16.6. The maximum absolute atomic E-state index is 14.4. The zero-order valence-electron chi connectivity index (χ0n) is 19.6. The number of hydrogen-bond donors (Lipinski definition) is 2. The highest BCUT2D eigenvalue weighted by atomic mass is 19.1. The maximum Gasteiger partial charge on any atom is 0.330 e. The third-order valence-corrected chi connectivity index (χ3v) is 8.37. The molecule has 0 spiro atoms. The average molecular weight is 476 g/mol. The van der Waals surface area contributed by atoms with E-state index in [2.05, 4.69) is 16.4 Å². The van der Waals surface area contributed by atoms with Crippen LogP contribution in [0.4, 0.5) is 16.0 Å². The summed E-state index contributed by atoms with van der Waals surface area (Å²) in [5.41, 5.74) is 6.20. The molecule has 9 nitrogen and oxygen atoms in total. The highest BCUT2D eigenvalue weighted by Crippen LogP contribution is 2.64. The number of carbonyl (C=O) groups excluding carboxylic acids is 1. The first-order valence-electron chi connectivity index (χ1n) is 11.9. The Balaban J connectivity index is 1.46. The Morgan fingerprint density at radius 2 is 2.00 bits per heavy atom. The van der Waals surface area contributed by atoms with E-state index in [1.54, 1.807) is 24.7 Å². The van der Waals surface area contributed by atoms with Crippen LogP contribution in [0.25, 0.3) is 11.2 Å². The molecule has 1 amide bonds. The third kappa shape index (κ3) is 3.10. The second-order valence-electron chi connectivity index (χ2n) is 10.8. The number of nitrogens with one attached hydrogen (secondary N) is 1. The molecule has 3 aromatic rings. The number of carbonyl (C=O) groups is 1. The molecule has 10 heteroatoms. The quantitative estimate of drug-likeness (QED) is 0.595. The number of nitrogens with two attached hydrogens (primary N) is 1. The number of imidazole rings is 1. The van der Waals surface area contributed by atoms with Crippen LogP contribution in [-0.4, -0.2) is 25.0 Å². The van der Waals surface area contributed by atoms with Crippen molar-refractivity contribution in [2.24, 2.45) is 30.0 Å². The van der Waals surface area contributed by atoms with Gasteiger partial charge in [0, 0.05) is 12.7 Å². The van der Waals surface area contributed by atoms with E-state index in [0.29, 0.717) is 40.7 Å². The van der Waals surface area contributed by atoms with Crippen molar-refractivity contribution in [3.05, 3.63) is 45.8 Å². The number of aryl methyl sites for hydroxylation is 2. The molecule has 4 bridgehead atoms. The lowest BCUT2D eigenvalue weighted by molar-refractivity contribution is -0.0746. The van der Waals surface area contributed by atoms with Gasteiger partial charge in [-0.3, -0.25) is 13.9 Å². The van der Waals surface area contributed by atoms with Crippen molar-refractivity contribution >= 4 is 28.7 Å². The molecule has 2 atom stereocenters. The summed E-state index contributed by atoms with van der Waals surface area (Å²) in [6.07, 6.45) is 6.94. The number of anilines is 2. The van der Waals surface area contributed by atoms with Gasteiger partial charge in [-0.1, -0.05) is 0 Å². The molecule has 3 N–H and O–H groups in total. The summed E-state index contributed by atoms with van der Waals surface area (Å²) < 4.78 is 17.8. The Hall–Kier alpha value is -3.74. The van der Waals surface area contributed by atoms with Crippen molar-refractivity contribution in [3.63, 3.8) is 0 Å². The number of hydrogen-bond acceptors (Lipinski definition) is 6. The molecule has 2 unspecified atom stereocenters. The fraction of sp³-hybridized carbons (Fsp3) is 0.480. The zero-order valence-corrected chi connectivity index (χ0v) is 19.6. The van der Waals surface area contributed by atoms with Gasteiger partial charge in [-0.15, -0.1) is 0 Å². The second kappa shape index (κ2) is 7.13. The molecule has 0 aliphatic heterocycles. The summed E-state index contributed by atoms with van der Waals surface area (Å²) in [5.74, 6) is -0.489. The molecular formula is C25H26FN7O2. The summed E-state index contributed by atoms with van der Waals surface area (Å²) in [5, 5.41) is 13.1. The van der Waals surface area contributed by atoms with Crippen molar-refractivity contribution in [1.29, 1.82) is 5.26 Å². The van der Waals surface area contributed by atoms with E-state index < -0.39 is 17.3 Å². The predicted molar refractivity (Wildman–Crippen MR) is 126 cm³/mol. The van der Waals surface area contributed by atoms with Gasteiger partial charge in [0.05, 0.1) is 28.8 Å². The topological polar surface area (TPSA) is 132 Å². The van der Waals surface area contributed by atoms with Crippen LogP contribution in [0.15, 0.2) is 23.1 Å². The van der Waals surface area contributed by atoms with E-state index in [0.717, 1.165) is 32.1 Å². The van der Waals surface area contributed by atoms with Gasteiger partial charge in [-0.25, -0.2) is 14.2 Å². The Kier molecular flexibility index (Phi) is 4.44. The number of nitrogens with zero attached hydrogens (tertiary/aromatic N) is 5. The molecule has 2 heterocycles. The summed E-state index contributed by atoms with van der Waals surface area (Å²) in [6, 6.07) is 5.18. The number of fused-ring (bicyclic) bond motifs is 1. The van der Waals surface area contributed by atoms with Gasteiger partial charge >= 0.3 is 5.69 Å². The Morgan fingerprint density at radius 3 is 2.66 bits per heavy atom. The molecule has 7 rings (SSSR count). The van der Waals surface area contributed by atoms with E-state index in [4.69, 9.17) is 10.7 Å². The molecule has 180 valence electrons. The summed E-state index contributed by atoms with van der Waals surface area (Å²) in [4.78, 5) is 34.0. The van der Waals surface area contributed by atoms with Crippen LogP contribution in [0.2, 0.25) is 0 Å². The molecule has 4 aliphatic carbocycles. The number of benzene rings is 1. The van der Waals surface area contributed by atoms with Crippen LogP contribution >= 0.6 is 0 Å². The summed E-state index contributed by atoms with van der Waals surface area (Å²) >= 11 is 0. The first kappa shape index (κ1) is 21.8. The Morgan fingerprint density at radius 1 is 1.29 bits per heavy atom. The van der Waals surface area contributed by atoms with Gasteiger partial charge < -0.3 is 11.1 Å². The smallest absolute Gasteiger partial charge is 0.330 e. The zero-order chi connectivity index (χ0) is 24.7. The lowest BCUT2D eigenvalue weighted by Gasteiger charge is -2.59. The lowest BCUT2D eigenvalue weighted by atomic mass is 9.47. The maximum atomic E-state index is 14.4. The van der Waals surface area contributed by atoms with Crippen LogP contribution < -0.4 is 16.7 Å². The molecule has 4 fully saturated rings. The molecule has 1 aromatic carbocycles. The first-order valence-corrected chi connectivity index (χ1v) is 11.9.